The summed E-state index contributed by atoms with van der Waals surface area (Å²) >= 11 is 0. The zero-order chi connectivity index (χ0) is 17.9. The largest absolute Gasteiger partial charge is 0.464 e. The van der Waals surface area contributed by atoms with Crippen molar-refractivity contribution in [3.8, 4) is 0 Å². The lowest BCUT2D eigenvalue weighted by Gasteiger charge is -2.32. The predicted octanol–water partition coefficient (Wildman–Crippen LogP) is 2.24. The van der Waals surface area contributed by atoms with Crippen LogP contribution in [0.5, 0.6) is 0 Å². The van der Waals surface area contributed by atoms with E-state index in [1.54, 1.807) is 44.2 Å². The Bertz CT molecular complexity index is 825. The predicted molar refractivity (Wildman–Crippen MR) is 91.9 cm³/mol. The average molecular weight is 330 g/mol. The summed E-state index contributed by atoms with van der Waals surface area (Å²) in [6.45, 7) is 7.19. The number of esters is 1. The summed E-state index contributed by atoms with van der Waals surface area (Å²) in [5.74, 6) is -1.22. The number of hydrogen-bond donors (Lipinski definition) is 2. The van der Waals surface area contributed by atoms with E-state index in [4.69, 9.17) is 4.74 Å². The number of carbonyl (C=O) groups is 2. The summed E-state index contributed by atoms with van der Waals surface area (Å²) in [6, 6.07) is 8.59. The topological polar surface area (TPSA) is 88.3 Å². The summed E-state index contributed by atoms with van der Waals surface area (Å²) in [4.78, 5) is 39.5. The third-order valence-corrected chi connectivity index (χ3v) is 4.23. The van der Waals surface area contributed by atoms with E-state index in [9.17, 15) is 14.4 Å². The van der Waals surface area contributed by atoms with Crippen molar-refractivity contribution < 1.29 is 14.3 Å². The van der Waals surface area contributed by atoms with Crippen LogP contribution < -0.4 is 10.9 Å². The van der Waals surface area contributed by atoms with E-state index in [1.165, 1.54) is 0 Å². The minimum atomic E-state index is -1.18. The second-order valence-corrected chi connectivity index (χ2v) is 6.13. The molecule has 6 heteroatoms. The monoisotopic (exact) mass is 330 g/mol. The summed E-state index contributed by atoms with van der Waals surface area (Å²) < 4.78 is 5.07. The van der Waals surface area contributed by atoms with Gasteiger partial charge >= 0.3 is 5.97 Å². The van der Waals surface area contributed by atoms with Gasteiger partial charge in [0.1, 0.15) is 11.2 Å². The van der Waals surface area contributed by atoms with E-state index < -0.39 is 17.4 Å². The van der Waals surface area contributed by atoms with Crippen LogP contribution in [-0.4, -0.2) is 29.0 Å². The Morgan fingerprint density at radius 3 is 2.58 bits per heavy atom. The summed E-state index contributed by atoms with van der Waals surface area (Å²) in [5, 5.41) is 3.87. The molecule has 1 amide bonds. The number of H-pyrrole nitrogens is 1. The highest BCUT2D eigenvalue weighted by atomic mass is 16.5. The molecule has 0 aliphatic heterocycles. The molecule has 0 bridgehead atoms. The van der Waals surface area contributed by atoms with Crippen molar-refractivity contribution in [1.82, 2.24) is 10.3 Å². The van der Waals surface area contributed by atoms with Crippen LogP contribution in [0.1, 0.15) is 38.2 Å². The Morgan fingerprint density at radius 2 is 1.96 bits per heavy atom. The van der Waals surface area contributed by atoms with Crippen molar-refractivity contribution in [2.75, 3.05) is 6.61 Å². The van der Waals surface area contributed by atoms with Crippen LogP contribution in [-0.2, 0) is 9.53 Å². The van der Waals surface area contributed by atoms with Crippen LogP contribution in [0.4, 0.5) is 0 Å². The molecule has 1 atom stereocenters. The molecule has 1 heterocycles. The molecule has 0 aliphatic carbocycles. The van der Waals surface area contributed by atoms with E-state index >= 15 is 0 Å². The lowest BCUT2D eigenvalue weighted by Crippen LogP contribution is -2.56. The van der Waals surface area contributed by atoms with Crippen LogP contribution >= 0.6 is 0 Å². The maximum atomic E-state index is 12.6. The number of aromatic nitrogens is 1. The van der Waals surface area contributed by atoms with Crippen LogP contribution in [0.25, 0.3) is 10.8 Å². The van der Waals surface area contributed by atoms with E-state index in [1.807, 2.05) is 13.8 Å². The summed E-state index contributed by atoms with van der Waals surface area (Å²) in [5.41, 5.74) is -1.43. The Kier molecular flexibility index (Phi) is 5.07. The van der Waals surface area contributed by atoms with Gasteiger partial charge in [0.05, 0.1) is 6.61 Å². The Morgan fingerprint density at radius 1 is 1.29 bits per heavy atom. The van der Waals surface area contributed by atoms with Crippen molar-refractivity contribution in [3.05, 3.63) is 46.4 Å². The molecule has 0 radical (unpaired) electrons. The fourth-order valence-electron chi connectivity index (χ4n) is 2.35. The molecule has 24 heavy (non-hydrogen) atoms. The average Bonchev–Trinajstić information content (AvgIpc) is 2.54. The highest BCUT2D eigenvalue weighted by Gasteiger charge is 2.40. The summed E-state index contributed by atoms with van der Waals surface area (Å²) in [6.07, 6.45) is 0. The fourth-order valence-corrected chi connectivity index (χ4v) is 2.35. The molecule has 0 saturated heterocycles. The van der Waals surface area contributed by atoms with Crippen LogP contribution in [0.3, 0.4) is 0 Å². The van der Waals surface area contributed by atoms with Gasteiger partial charge in [0.2, 0.25) is 0 Å². The molecule has 1 aromatic carbocycles. The Balaban J connectivity index is 2.37. The number of ether oxygens (including phenoxy) is 1. The number of benzene rings is 1. The van der Waals surface area contributed by atoms with Gasteiger partial charge in [0.25, 0.3) is 11.5 Å². The first-order valence-electron chi connectivity index (χ1n) is 7.91. The second kappa shape index (κ2) is 6.86. The fraction of sp³-hybridized carbons (Fsp3) is 0.389. The number of pyridine rings is 1. The number of amides is 1. The van der Waals surface area contributed by atoms with Gasteiger partial charge in [-0.2, -0.15) is 0 Å². The first kappa shape index (κ1) is 17.7. The van der Waals surface area contributed by atoms with Gasteiger partial charge in [-0.25, -0.2) is 4.79 Å². The number of rotatable bonds is 5. The molecule has 128 valence electrons. The lowest BCUT2D eigenvalue weighted by molar-refractivity contribution is -0.152. The van der Waals surface area contributed by atoms with E-state index in [0.29, 0.717) is 10.8 Å². The minimum absolute atomic E-state index is 0.106. The first-order valence-corrected chi connectivity index (χ1v) is 7.91. The van der Waals surface area contributed by atoms with Crippen molar-refractivity contribution in [2.24, 2.45) is 5.92 Å². The number of aromatic amines is 1. The van der Waals surface area contributed by atoms with Gasteiger partial charge in [-0.15, -0.1) is 0 Å². The molecule has 2 rings (SSSR count). The Labute approximate surface area is 140 Å². The van der Waals surface area contributed by atoms with Crippen molar-refractivity contribution in [3.63, 3.8) is 0 Å². The molecule has 2 N–H and O–H groups in total. The molecular weight excluding hydrogens is 308 g/mol. The molecule has 0 spiro atoms. The summed E-state index contributed by atoms with van der Waals surface area (Å²) in [7, 11) is 0. The van der Waals surface area contributed by atoms with Gasteiger partial charge in [-0.05, 0) is 37.3 Å². The molecule has 0 aliphatic rings. The zero-order valence-electron chi connectivity index (χ0n) is 14.3. The van der Waals surface area contributed by atoms with Crippen molar-refractivity contribution in [2.45, 2.75) is 33.2 Å². The van der Waals surface area contributed by atoms with Crippen LogP contribution in [0.2, 0.25) is 0 Å². The highest BCUT2D eigenvalue weighted by Crippen LogP contribution is 2.19. The van der Waals surface area contributed by atoms with E-state index in [0.717, 1.165) is 0 Å². The minimum Gasteiger partial charge on any atom is -0.464 e. The third kappa shape index (κ3) is 3.32. The first-order chi connectivity index (χ1) is 11.3. The SMILES string of the molecule is CCOC(=O)[C@@](C)(NC(=O)c1cc2ccccc2c(=O)[nH]1)C(C)C. The number of carbonyl (C=O) groups excluding carboxylic acids is 2. The Hall–Kier alpha value is -2.63. The molecule has 0 saturated carbocycles. The molecule has 0 fully saturated rings. The number of nitrogens with one attached hydrogen (secondary N) is 2. The molecule has 6 nitrogen and oxygen atoms in total. The van der Waals surface area contributed by atoms with Crippen LogP contribution in [0, 0.1) is 5.92 Å². The smallest absolute Gasteiger partial charge is 0.331 e. The maximum Gasteiger partial charge on any atom is 0.331 e. The van der Waals surface area contributed by atoms with Crippen LogP contribution in [0.15, 0.2) is 35.1 Å². The molecule has 0 unspecified atom stereocenters. The van der Waals surface area contributed by atoms with Gasteiger partial charge in [-0.1, -0.05) is 32.0 Å². The molecule has 2 aromatic rings. The maximum absolute atomic E-state index is 12.6. The normalized spacial score (nSPS) is 13.5. The lowest BCUT2D eigenvalue weighted by atomic mass is 9.88. The third-order valence-electron chi connectivity index (χ3n) is 4.23. The van der Waals surface area contributed by atoms with Gasteiger partial charge < -0.3 is 15.0 Å². The quantitative estimate of drug-likeness (QED) is 0.823. The standard InChI is InChI=1S/C18H22N2O4/c1-5-24-17(23)18(4,11(2)3)20-16(22)14-10-12-8-6-7-9-13(12)15(21)19-14/h6-11H,5H2,1-4H3,(H,19,21)(H,20,22)/t18-/m0/s1. The van der Waals surface area contributed by atoms with Gasteiger partial charge in [0.15, 0.2) is 0 Å². The van der Waals surface area contributed by atoms with E-state index in [2.05, 4.69) is 10.3 Å². The van der Waals surface area contributed by atoms with Crippen molar-refractivity contribution >= 4 is 22.6 Å². The molecule has 1 aromatic heterocycles. The number of fused-ring (bicyclic) bond motifs is 1. The molecular formula is C18H22N2O4. The van der Waals surface area contributed by atoms with Gasteiger partial charge in [0, 0.05) is 5.39 Å². The second-order valence-electron chi connectivity index (χ2n) is 6.13. The highest BCUT2D eigenvalue weighted by molar-refractivity contribution is 5.99. The zero-order valence-corrected chi connectivity index (χ0v) is 14.3. The number of hydrogen-bond acceptors (Lipinski definition) is 4. The van der Waals surface area contributed by atoms with Gasteiger partial charge in [-0.3, -0.25) is 9.59 Å². The van der Waals surface area contributed by atoms with Crippen molar-refractivity contribution in [1.29, 1.82) is 0 Å². The van der Waals surface area contributed by atoms with E-state index in [-0.39, 0.29) is 23.8 Å².